The monoisotopic (exact) mass is 193 g/mol. The smallest absolute Gasteiger partial charge is 0.222 e. The lowest BCUT2D eigenvalue weighted by Gasteiger charge is -2.06. The molecule has 0 saturated heterocycles. The van der Waals surface area contributed by atoms with Crippen molar-refractivity contribution < 1.29 is 9.90 Å². The lowest BCUT2D eigenvalue weighted by Crippen LogP contribution is -2.25. The minimum Gasteiger partial charge on any atom is -0.393 e. The number of rotatable bonds is 4. The highest BCUT2D eigenvalue weighted by atomic mass is 16.3. The van der Waals surface area contributed by atoms with E-state index in [1.54, 1.807) is 6.92 Å². The molecule has 3 heteroatoms. The molecule has 0 heterocycles. The van der Waals surface area contributed by atoms with Crippen molar-refractivity contribution in [2.24, 2.45) is 0 Å². The van der Waals surface area contributed by atoms with E-state index < -0.39 is 6.10 Å². The van der Waals surface area contributed by atoms with Crippen LogP contribution < -0.4 is 5.32 Å². The Morgan fingerprint density at radius 3 is 2.64 bits per heavy atom. The van der Waals surface area contributed by atoms with E-state index >= 15 is 0 Å². The molecule has 0 bridgehead atoms. The minimum atomic E-state index is -0.578. The van der Waals surface area contributed by atoms with Crippen LogP contribution in [0.3, 0.4) is 0 Å². The van der Waals surface area contributed by atoms with Gasteiger partial charge in [-0.1, -0.05) is 30.3 Å². The Morgan fingerprint density at radius 1 is 1.43 bits per heavy atom. The van der Waals surface area contributed by atoms with Gasteiger partial charge in [-0.2, -0.15) is 0 Å². The van der Waals surface area contributed by atoms with E-state index in [-0.39, 0.29) is 12.3 Å². The Labute approximate surface area is 83.8 Å². The zero-order valence-corrected chi connectivity index (χ0v) is 8.23. The molecular formula is C11H15NO2. The Kier molecular flexibility index (Phi) is 4.13. The number of hydrogen-bond acceptors (Lipinski definition) is 2. The predicted molar refractivity (Wildman–Crippen MR) is 54.6 cm³/mol. The minimum absolute atomic E-state index is 0.121. The third-order valence-corrected chi connectivity index (χ3v) is 1.81. The van der Waals surface area contributed by atoms with Crippen LogP contribution in [0.5, 0.6) is 0 Å². The highest BCUT2D eigenvalue weighted by molar-refractivity contribution is 5.76. The standard InChI is InChI=1S/C11H15NO2/c1-9(13)7-11(14)12-8-10-5-3-2-4-6-10/h2-6,9,13H,7-8H2,1H3,(H,12,14)/t9-/m0/s1. The molecule has 0 unspecified atom stereocenters. The highest BCUT2D eigenvalue weighted by Gasteiger charge is 2.04. The van der Waals surface area contributed by atoms with Crippen molar-refractivity contribution in [1.82, 2.24) is 5.32 Å². The molecule has 0 radical (unpaired) electrons. The fraction of sp³-hybridized carbons (Fsp3) is 0.364. The van der Waals surface area contributed by atoms with Crippen molar-refractivity contribution in [1.29, 1.82) is 0 Å². The molecule has 1 aromatic carbocycles. The van der Waals surface area contributed by atoms with Gasteiger partial charge in [-0.25, -0.2) is 0 Å². The lowest BCUT2D eigenvalue weighted by atomic mass is 10.2. The molecule has 1 amide bonds. The van der Waals surface area contributed by atoms with Crippen molar-refractivity contribution in [3.8, 4) is 0 Å². The highest BCUT2D eigenvalue weighted by Crippen LogP contribution is 1.98. The molecule has 0 aliphatic rings. The molecule has 76 valence electrons. The number of benzene rings is 1. The van der Waals surface area contributed by atoms with E-state index in [2.05, 4.69) is 5.32 Å². The summed E-state index contributed by atoms with van der Waals surface area (Å²) in [6, 6.07) is 9.68. The summed E-state index contributed by atoms with van der Waals surface area (Å²) in [5.74, 6) is -0.121. The first-order valence-corrected chi connectivity index (χ1v) is 4.67. The van der Waals surface area contributed by atoms with Crippen molar-refractivity contribution >= 4 is 5.91 Å². The summed E-state index contributed by atoms with van der Waals surface area (Å²) in [6.07, 6.45) is -0.418. The van der Waals surface area contributed by atoms with Crippen molar-refractivity contribution in [2.45, 2.75) is 26.0 Å². The summed E-state index contributed by atoms with van der Waals surface area (Å²) < 4.78 is 0. The number of aliphatic hydroxyl groups is 1. The molecule has 0 aliphatic heterocycles. The molecule has 1 aromatic rings. The first-order valence-electron chi connectivity index (χ1n) is 4.67. The SMILES string of the molecule is C[C@H](O)CC(=O)NCc1ccccc1. The number of aliphatic hydroxyl groups excluding tert-OH is 1. The van der Waals surface area contributed by atoms with E-state index in [4.69, 9.17) is 5.11 Å². The van der Waals surface area contributed by atoms with Gasteiger partial charge in [0, 0.05) is 6.54 Å². The molecule has 0 fully saturated rings. The van der Waals surface area contributed by atoms with E-state index in [1.807, 2.05) is 30.3 Å². The number of amides is 1. The van der Waals surface area contributed by atoms with Crippen LogP contribution in [0.2, 0.25) is 0 Å². The van der Waals surface area contributed by atoms with Crippen LogP contribution in [0.15, 0.2) is 30.3 Å². The maximum atomic E-state index is 11.2. The quantitative estimate of drug-likeness (QED) is 0.751. The Bertz CT molecular complexity index is 283. The number of nitrogens with one attached hydrogen (secondary N) is 1. The Hall–Kier alpha value is -1.35. The van der Waals surface area contributed by atoms with Gasteiger partial charge < -0.3 is 10.4 Å². The summed E-state index contributed by atoms with van der Waals surface area (Å²) in [5, 5.41) is 11.7. The molecule has 3 nitrogen and oxygen atoms in total. The Balaban J connectivity index is 2.31. The van der Waals surface area contributed by atoms with Crippen molar-refractivity contribution in [3.63, 3.8) is 0 Å². The van der Waals surface area contributed by atoms with Crippen molar-refractivity contribution in [2.75, 3.05) is 0 Å². The first-order chi connectivity index (χ1) is 6.68. The van der Waals surface area contributed by atoms with Gasteiger partial charge in [-0.05, 0) is 12.5 Å². The average Bonchev–Trinajstić information content (AvgIpc) is 2.15. The zero-order valence-electron chi connectivity index (χ0n) is 8.23. The van der Waals surface area contributed by atoms with Crippen LogP contribution in [0.25, 0.3) is 0 Å². The number of hydrogen-bond donors (Lipinski definition) is 2. The lowest BCUT2D eigenvalue weighted by molar-refractivity contribution is -0.122. The van der Waals surface area contributed by atoms with Crippen LogP contribution in [-0.4, -0.2) is 17.1 Å². The normalized spacial score (nSPS) is 12.1. The molecule has 14 heavy (non-hydrogen) atoms. The van der Waals surface area contributed by atoms with Gasteiger partial charge in [0.1, 0.15) is 0 Å². The summed E-state index contributed by atoms with van der Waals surface area (Å²) in [4.78, 5) is 11.2. The van der Waals surface area contributed by atoms with E-state index in [0.717, 1.165) is 5.56 Å². The number of carbonyl (C=O) groups excluding carboxylic acids is 1. The summed E-state index contributed by atoms with van der Waals surface area (Å²) >= 11 is 0. The van der Waals surface area contributed by atoms with Gasteiger partial charge in [0.05, 0.1) is 12.5 Å². The van der Waals surface area contributed by atoms with Crippen LogP contribution in [0.4, 0.5) is 0 Å². The van der Waals surface area contributed by atoms with Gasteiger partial charge in [0.2, 0.25) is 5.91 Å². The largest absolute Gasteiger partial charge is 0.393 e. The van der Waals surface area contributed by atoms with Gasteiger partial charge >= 0.3 is 0 Å². The van der Waals surface area contributed by atoms with Crippen LogP contribution >= 0.6 is 0 Å². The average molecular weight is 193 g/mol. The predicted octanol–water partition coefficient (Wildman–Crippen LogP) is 1.07. The molecule has 0 saturated carbocycles. The van der Waals surface area contributed by atoms with Crippen LogP contribution in [-0.2, 0) is 11.3 Å². The molecule has 0 aliphatic carbocycles. The summed E-state index contributed by atoms with van der Waals surface area (Å²) in [7, 11) is 0. The van der Waals surface area contributed by atoms with Crippen LogP contribution in [0.1, 0.15) is 18.9 Å². The fourth-order valence-electron chi connectivity index (χ4n) is 1.14. The second kappa shape index (κ2) is 5.40. The topological polar surface area (TPSA) is 49.3 Å². The van der Waals surface area contributed by atoms with Gasteiger partial charge in [0.15, 0.2) is 0 Å². The molecule has 0 aromatic heterocycles. The molecule has 1 rings (SSSR count). The van der Waals surface area contributed by atoms with E-state index in [1.165, 1.54) is 0 Å². The third-order valence-electron chi connectivity index (χ3n) is 1.81. The molecule has 2 N–H and O–H groups in total. The van der Waals surface area contributed by atoms with Crippen LogP contribution in [0, 0.1) is 0 Å². The van der Waals surface area contributed by atoms with E-state index in [9.17, 15) is 4.79 Å². The maximum absolute atomic E-state index is 11.2. The summed E-state index contributed by atoms with van der Waals surface area (Å²) in [5.41, 5.74) is 1.06. The second-order valence-corrected chi connectivity index (χ2v) is 3.32. The Morgan fingerprint density at radius 2 is 2.07 bits per heavy atom. The maximum Gasteiger partial charge on any atom is 0.222 e. The van der Waals surface area contributed by atoms with Crippen molar-refractivity contribution in [3.05, 3.63) is 35.9 Å². The van der Waals surface area contributed by atoms with Gasteiger partial charge in [-0.3, -0.25) is 4.79 Å². The van der Waals surface area contributed by atoms with E-state index in [0.29, 0.717) is 6.54 Å². The molecule has 1 atom stereocenters. The first kappa shape index (κ1) is 10.7. The van der Waals surface area contributed by atoms with Gasteiger partial charge in [0.25, 0.3) is 0 Å². The third kappa shape index (κ3) is 4.05. The zero-order chi connectivity index (χ0) is 10.4. The molecule has 0 spiro atoms. The van der Waals surface area contributed by atoms with Gasteiger partial charge in [-0.15, -0.1) is 0 Å². The fourth-order valence-corrected chi connectivity index (χ4v) is 1.14. The number of carbonyl (C=O) groups is 1. The summed E-state index contributed by atoms with van der Waals surface area (Å²) in [6.45, 7) is 2.12. The second-order valence-electron chi connectivity index (χ2n) is 3.32. The molecular weight excluding hydrogens is 178 g/mol.